The maximum absolute atomic E-state index is 12.9. The highest BCUT2D eigenvalue weighted by atomic mass is 16.2. The molecule has 0 N–H and O–H groups in total. The zero-order chi connectivity index (χ0) is 18.8. The summed E-state index contributed by atoms with van der Waals surface area (Å²) in [5, 5.41) is 0. The van der Waals surface area contributed by atoms with Crippen LogP contribution in [-0.2, 0) is 4.79 Å². The largest absolute Gasteiger partial charge is 0.371 e. The van der Waals surface area contributed by atoms with Crippen molar-refractivity contribution in [2.75, 3.05) is 44.2 Å². The lowest BCUT2D eigenvalue weighted by Gasteiger charge is -2.37. The average Bonchev–Trinajstić information content (AvgIpc) is 3.40. The molecule has 4 rings (SSSR count). The minimum Gasteiger partial charge on any atom is -0.371 e. The Morgan fingerprint density at radius 2 is 1.74 bits per heavy atom. The number of rotatable bonds is 4. The Bertz CT molecular complexity index is 747. The number of piperazine rings is 1. The number of hydrogen-bond acceptors (Lipinski definition) is 4. The number of anilines is 1. The third-order valence-electron chi connectivity index (χ3n) is 5.91. The SMILES string of the molecule is CC(C)N1CCN(C(=O)[C@H]2CCN(c3ccc(-n4ccnc4)cc3)C2)CC1. The molecule has 1 aromatic carbocycles. The summed E-state index contributed by atoms with van der Waals surface area (Å²) in [6.07, 6.45) is 6.48. The average molecular weight is 367 g/mol. The molecule has 6 heteroatoms. The van der Waals surface area contributed by atoms with Crippen LogP contribution in [0.1, 0.15) is 20.3 Å². The smallest absolute Gasteiger partial charge is 0.227 e. The van der Waals surface area contributed by atoms with Crippen molar-refractivity contribution >= 4 is 11.6 Å². The first-order chi connectivity index (χ1) is 13.1. The molecule has 2 aromatic rings. The lowest BCUT2D eigenvalue weighted by Crippen LogP contribution is -2.52. The summed E-state index contributed by atoms with van der Waals surface area (Å²) in [6, 6.07) is 9.07. The van der Waals surface area contributed by atoms with Crippen LogP contribution in [0.4, 0.5) is 5.69 Å². The van der Waals surface area contributed by atoms with Crippen molar-refractivity contribution in [3.63, 3.8) is 0 Å². The van der Waals surface area contributed by atoms with Crippen molar-refractivity contribution in [2.45, 2.75) is 26.3 Å². The summed E-state index contributed by atoms with van der Waals surface area (Å²) in [5.41, 5.74) is 2.30. The number of nitrogens with zero attached hydrogens (tertiary/aromatic N) is 5. The fourth-order valence-electron chi connectivity index (χ4n) is 4.16. The molecular formula is C21H29N5O. The second kappa shape index (κ2) is 7.72. The highest BCUT2D eigenvalue weighted by Gasteiger charge is 2.33. The highest BCUT2D eigenvalue weighted by molar-refractivity contribution is 5.80. The Labute approximate surface area is 161 Å². The lowest BCUT2D eigenvalue weighted by atomic mass is 10.1. The predicted octanol–water partition coefficient (Wildman–Crippen LogP) is 2.25. The van der Waals surface area contributed by atoms with Gasteiger partial charge < -0.3 is 14.4 Å². The van der Waals surface area contributed by atoms with Crippen molar-refractivity contribution in [2.24, 2.45) is 5.92 Å². The molecule has 0 unspecified atom stereocenters. The number of amides is 1. The molecule has 2 saturated heterocycles. The van der Waals surface area contributed by atoms with Gasteiger partial charge in [0.05, 0.1) is 12.2 Å². The third-order valence-corrected chi connectivity index (χ3v) is 5.91. The molecule has 2 aliphatic rings. The topological polar surface area (TPSA) is 44.6 Å². The van der Waals surface area contributed by atoms with Gasteiger partial charge in [-0.2, -0.15) is 0 Å². The summed E-state index contributed by atoms with van der Waals surface area (Å²) < 4.78 is 2.00. The molecule has 2 fully saturated rings. The van der Waals surface area contributed by atoms with Crippen LogP contribution < -0.4 is 4.90 Å². The van der Waals surface area contributed by atoms with Crippen molar-refractivity contribution in [1.82, 2.24) is 19.4 Å². The summed E-state index contributed by atoms with van der Waals surface area (Å²) in [6.45, 7) is 9.96. The van der Waals surface area contributed by atoms with E-state index in [1.165, 1.54) is 5.69 Å². The molecule has 27 heavy (non-hydrogen) atoms. The van der Waals surface area contributed by atoms with Crippen LogP contribution in [0.25, 0.3) is 5.69 Å². The summed E-state index contributed by atoms with van der Waals surface area (Å²) >= 11 is 0. The van der Waals surface area contributed by atoms with Crippen LogP contribution in [-0.4, -0.2) is 70.6 Å². The Kier molecular flexibility index (Phi) is 5.16. The summed E-state index contributed by atoms with van der Waals surface area (Å²) in [4.78, 5) is 23.9. The zero-order valence-corrected chi connectivity index (χ0v) is 16.3. The van der Waals surface area contributed by atoms with Crippen LogP contribution in [0.5, 0.6) is 0 Å². The fraction of sp³-hybridized carbons (Fsp3) is 0.524. The number of imidazole rings is 1. The monoisotopic (exact) mass is 367 g/mol. The van der Waals surface area contributed by atoms with E-state index in [2.05, 4.69) is 57.8 Å². The third kappa shape index (κ3) is 3.86. The molecule has 0 saturated carbocycles. The van der Waals surface area contributed by atoms with Gasteiger partial charge in [0.2, 0.25) is 5.91 Å². The molecule has 1 amide bonds. The van der Waals surface area contributed by atoms with Crippen molar-refractivity contribution in [1.29, 1.82) is 0 Å². The van der Waals surface area contributed by atoms with E-state index in [0.29, 0.717) is 11.9 Å². The minimum absolute atomic E-state index is 0.129. The maximum atomic E-state index is 12.9. The van der Waals surface area contributed by atoms with E-state index in [4.69, 9.17) is 0 Å². The van der Waals surface area contributed by atoms with Crippen molar-refractivity contribution in [3.8, 4) is 5.69 Å². The molecule has 3 heterocycles. The van der Waals surface area contributed by atoms with E-state index in [0.717, 1.165) is 51.4 Å². The van der Waals surface area contributed by atoms with Gasteiger partial charge in [-0.15, -0.1) is 0 Å². The van der Waals surface area contributed by atoms with Crippen LogP contribution in [0, 0.1) is 5.92 Å². The first-order valence-corrected chi connectivity index (χ1v) is 9.98. The van der Waals surface area contributed by atoms with Gasteiger partial charge in [0.25, 0.3) is 0 Å². The van der Waals surface area contributed by atoms with Crippen molar-refractivity contribution < 1.29 is 4.79 Å². The molecular weight excluding hydrogens is 338 g/mol. The number of hydrogen-bond donors (Lipinski definition) is 0. The van der Waals surface area contributed by atoms with Gasteiger partial charge in [-0.25, -0.2) is 4.98 Å². The minimum atomic E-state index is 0.129. The molecule has 1 aromatic heterocycles. The van der Waals surface area contributed by atoms with Gasteiger partial charge >= 0.3 is 0 Å². The number of carbonyl (C=O) groups excluding carboxylic acids is 1. The van der Waals surface area contributed by atoms with Gasteiger partial charge in [-0.1, -0.05) is 0 Å². The molecule has 6 nitrogen and oxygen atoms in total. The molecule has 2 aliphatic heterocycles. The van der Waals surface area contributed by atoms with Gasteiger partial charge in [0.15, 0.2) is 0 Å². The molecule has 0 aliphatic carbocycles. The number of benzene rings is 1. The summed E-state index contributed by atoms with van der Waals surface area (Å²) in [5.74, 6) is 0.472. The molecule has 0 radical (unpaired) electrons. The van der Waals surface area contributed by atoms with Gasteiger partial charge in [0, 0.05) is 69.1 Å². The lowest BCUT2D eigenvalue weighted by molar-refractivity contribution is -0.136. The Morgan fingerprint density at radius 1 is 1.04 bits per heavy atom. The Morgan fingerprint density at radius 3 is 2.37 bits per heavy atom. The maximum Gasteiger partial charge on any atom is 0.227 e. The fourth-order valence-corrected chi connectivity index (χ4v) is 4.16. The number of carbonyl (C=O) groups is 1. The second-order valence-electron chi connectivity index (χ2n) is 7.87. The Hall–Kier alpha value is -2.34. The van der Waals surface area contributed by atoms with Gasteiger partial charge in [-0.3, -0.25) is 9.69 Å². The van der Waals surface area contributed by atoms with Crippen LogP contribution >= 0.6 is 0 Å². The van der Waals surface area contributed by atoms with E-state index in [1.807, 2.05) is 10.8 Å². The predicted molar refractivity (Wildman–Crippen MR) is 107 cm³/mol. The highest BCUT2D eigenvalue weighted by Crippen LogP contribution is 2.26. The molecule has 0 bridgehead atoms. The standard InChI is InChI=1S/C21H29N5O/c1-17(2)23-11-13-24(14-12-23)21(27)18-7-9-25(15-18)19-3-5-20(6-4-19)26-10-8-22-16-26/h3-6,8,10,16-18H,7,9,11-15H2,1-2H3/t18-/m0/s1. The van der Waals surface area contributed by atoms with Gasteiger partial charge in [0.1, 0.15) is 0 Å². The van der Waals surface area contributed by atoms with E-state index < -0.39 is 0 Å². The van der Waals surface area contributed by atoms with Crippen LogP contribution in [0.2, 0.25) is 0 Å². The van der Waals surface area contributed by atoms with E-state index in [1.54, 1.807) is 12.5 Å². The number of aromatic nitrogens is 2. The normalized spacial score (nSPS) is 21.2. The van der Waals surface area contributed by atoms with Gasteiger partial charge in [-0.05, 0) is 44.5 Å². The Balaban J connectivity index is 1.34. The molecule has 0 spiro atoms. The quantitative estimate of drug-likeness (QED) is 0.831. The molecule has 1 atom stereocenters. The van der Waals surface area contributed by atoms with E-state index in [-0.39, 0.29) is 5.92 Å². The first kappa shape index (κ1) is 18.0. The summed E-state index contributed by atoms with van der Waals surface area (Å²) in [7, 11) is 0. The molecule has 144 valence electrons. The van der Waals surface area contributed by atoms with Crippen LogP contribution in [0.15, 0.2) is 43.0 Å². The van der Waals surface area contributed by atoms with Crippen molar-refractivity contribution in [3.05, 3.63) is 43.0 Å². The second-order valence-corrected chi connectivity index (χ2v) is 7.87. The zero-order valence-electron chi connectivity index (χ0n) is 16.3. The van der Waals surface area contributed by atoms with Crippen LogP contribution in [0.3, 0.4) is 0 Å². The van der Waals surface area contributed by atoms with E-state index in [9.17, 15) is 4.79 Å². The first-order valence-electron chi connectivity index (χ1n) is 9.98. The van der Waals surface area contributed by atoms with E-state index >= 15 is 0 Å².